The van der Waals surface area contributed by atoms with Crippen LogP contribution in [0.3, 0.4) is 0 Å². The van der Waals surface area contributed by atoms with Crippen molar-refractivity contribution in [2.24, 2.45) is 0 Å². The Morgan fingerprint density at radius 3 is 1.96 bits per heavy atom. The molecule has 0 aliphatic rings. The molecule has 0 heterocycles. The maximum Gasteiger partial charge on any atom is 0.235 e. The zero-order chi connectivity index (χ0) is 18.1. The van der Waals surface area contributed by atoms with Crippen LogP contribution in [0.15, 0.2) is 60.7 Å². The molecular weight excluding hydrogens is 336 g/mol. The van der Waals surface area contributed by atoms with Crippen LogP contribution in [0.25, 0.3) is 0 Å². The van der Waals surface area contributed by atoms with E-state index in [4.69, 9.17) is 0 Å². The van der Waals surface area contributed by atoms with Crippen LogP contribution in [-0.4, -0.2) is 44.5 Å². The van der Waals surface area contributed by atoms with Crippen LogP contribution in [0.2, 0.25) is 0 Å². The highest BCUT2D eigenvalue weighted by molar-refractivity contribution is 7.88. The molecule has 5 nitrogen and oxygen atoms in total. The van der Waals surface area contributed by atoms with Crippen LogP contribution in [0.5, 0.6) is 0 Å². The number of amides is 1. The van der Waals surface area contributed by atoms with Crippen molar-refractivity contribution in [2.75, 3.05) is 25.9 Å². The third-order valence-corrected chi connectivity index (χ3v) is 5.11. The lowest BCUT2D eigenvalue weighted by Gasteiger charge is -2.19. The average molecular weight is 360 g/mol. The first-order valence-electron chi connectivity index (χ1n) is 8.25. The van der Waals surface area contributed by atoms with Gasteiger partial charge in [0.2, 0.25) is 15.9 Å². The fourth-order valence-corrected chi connectivity index (χ4v) is 3.24. The maximum absolute atomic E-state index is 12.1. The largest absolute Gasteiger partial charge is 0.355 e. The number of sulfonamides is 1. The normalized spacial score (nSPS) is 11.4. The first-order chi connectivity index (χ1) is 11.9. The van der Waals surface area contributed by atoms with Crippen LogP contribution in [0.1, 0.15) is 11.1 Å². The number of hydrogen-bond donors (Lipinski definition) is 1. The predicted octanol–water partition coefficient (Wildman–Crippen LogP) is 1.85. The summed E-state index contributed by atoms with van der Waals surface area (Å²) in [5.74, 6) is -0.283. The zero-order valence-corrected chi connectivity index (χ0v) is 15.2. The lowest BCUT2D eigenvalue weighted by atomic mass is 10.1. The highest BCUT2D eigenvalue weighted by Crippen LogP contribution is 2.05. The molecule has 134 valence electrons. The Bertz CT molecular complexity index is 762. The topological polar surface area (TPSA) is 66.5 Å². The lowest BCUT2D eigenvalue weighted by molar-refractivity contribution is -0.121. The minimum Gasteiger partial charge on any atom is -0.355 e. The number of nitrogens with zero attached hydrogens (tertiary/aromatic N) is 1. The summed E-state index contributed by atoms with van der Waals surface area (Å²) in [6, 6.07) is 19.5. The molecule has 1 N–H and O–H groups in total. The molecule has 6 heteroatoms. The monoisotopic (exact) mass is 360 g/mol. The van der Waals surface area contributed by atoms with Crippen LogP contribution in [-0.2, 0) is 27.7 Å². The molecule has 0 atom stereocenters. The van der Waals surface area contributed by atoms with Crippen molar-refractivity contribution in [1.29, 1.82) is 0 Å². The third-order valence-electron chi connectivity index (χ3n) is 3.86. The molecule has 2 aromatic rings. The van der Waals surface area contributed by atoms with Gasteiger partial charge in [-0.3, -0.25) is 4.79 Å². The second-order valence-corrected chi connectivity index (χ2v) is 7.90. The van der Waals surface area contributed by atoms with Crippen molar-refractivity contribution in [3.8, 4) is 0 Å². The molecule has 0 unspecified atom stereocenters. The Kier molecular flexibility index (Phi) is 7.16. The van der Waals surface area contributed by atoms with Gasteiger partial charge in [-0.1, -0.05) is 60.7 Å². The molecule has 2 aromatic carbocycles. The number of carbonyl (C=O) groups is 1. The van der Waals surface area contributed by atoms with E-state index in [-0.39, 0.29) is 19.0 Å². The molecule has 0 bridgehead atoms. The smallest absolute Gasteiger partial charge is 0.235 e. The lowest BCUT2D eigenvalue weighted by Crippen LogP contribution is -2.41. The summed E-state index contributed by atoms with van der Waals surface area (Å²) >= 11 is 0. The SMILES string of the molecule is CS(=O)(=O)N(CCc1ccccc1)CC(=O)NCCc1ccccc1. The summed E-state index contributed by atoms with van der Waals surface area (Å²) in [7, 11) is -3.43. The van der Waals surface area contributed by atoms with Crippen LogP contribution < -0.4 is 5.32 Å². The predicted molar refractivity (Wildman–Crippen MR) is 99.7 cm³/mol. The molecular formula is C19H24N2O3S. The van der Waals surface area contributed by atoms with Gasteiger partial charge in [0, 0.05) is 13.1 Å². The molecule has 0 radical (unpaired) electrons. The molecule has 25 heavy (non-hydrogen) atoms. The van der Waals surface area contributed by atoms with Crippen LogP contribution in [0.4, 0.5) is 0 Å². The van der Waals surface area contributed by atoms with E-state index in [9.17, 15) is 13.2 Å². The van der Waals surface area contributed by atoms with Gasteiger partial charge in [0.25, 0.3) is 0 Å². The van der Waals surface area contributed by atoms with E-state index in [0.717, 1.165) is 23.8 Å². The van der Waals surface area contributed by atoms with Gasteiger partial charge in [0.1, 0.15) is 0 Å². The molecule has 0 spiro atoms. The second kappa shape index (κ2) is 9.34. The van der Waals surface area contributed by atoms with E-state index in [1.165, 1.54) is 4.31 Å². The third kappa shape index (κ3) is 7.07. The van der Waals surface area contributed by atoms with Crippen molar-refractivity contribution in [1.82, 2.24) is 9.62 Å². The summed E-state index contributed by atoms with van der Waals surface area (Å²) in [5, 5.41) is 2.79. The van der Waals surface area contributed by atoms with Gasteiger partial charge in [-0.25, -0.2) is 8.42 Å². The van der Waals surface area contributed by atoms with E-state index in [2.05, 4.69) is 5.32 Å². The van der Waals surface area contributed by atoms with Gasteiger partial charge in [-0.05, 0) is 24.0 Å². The fraction of sp³-hybridized carbons (Fsp3) is 0.316. The standard InChI is InChI=1S/C19H24N2O3S/c1-25(23,24)21(15-13-18-10-6-3-7-11-18)16-19(22)20-14-12-17-8-4-2-5-9-17/h2-11H,12-16H2,1H3,(H,20,22). The van der Waals surface area contributed by atoms with E-state index in [1.807, 2.05) is 60.7 Å². The van der Waals surface area contributed by atoms with Crippen molar-refractivity contribution in [3.63, 3.8) is 0 Å². The quantitative estimate of drug-likeness (QED) is 0.742. The molecule has 2 rings (SSSR count). The van der Waals surface area contributed by atoms with Gasteiger partial charge in [-0.15, -0.1) is 0 Å². The molecule has 0 aliphatic heterocycles. The highest BCUT2D eigenvalue weighted by atomic mass is 32.2. The van der Waals surface area contributed by atoms with Crippen molar-refractivity contribution >= 4 is 15.9 Å². The number of carbonyl (C=O) groups excluding carboxylic acids is 1. The van der Waals surface area contributed by atoms with E-state index in [1.54, 1.807) is 0 Å². The van der Waals surface area contributed by atoms with Gasteiger partial charge >= 0.3 is 0 Å². The molecule has 0 saturated carbocycles. The number of hydrogen-bond acceptors (Lipinski definition) is 3. The number of benzene rings is 2. The molecule has 1 amide bonds. The summed E-state index contributed by atoms with van der Waals surface area (Å²) in [4.78, 5) is 12.1. The minimum atomic E-state index is -3.43. The Hall–Kier alpha value is -2.18. The van der Waals surface area contributed by atoms with E-state index < -0.39 is 10.0 Å². The average Bonchev–Trinajstić information content (AvgIpc) is 2.59. The van der Waals surface area contributed by atoms with Gasteiger partial charge in [0.05, 0.1) is 12.8 Å². The van der Waals surface area contributed by atoms with Crippen molar-refractivity contribution < 1.29 is 13.2 Å². The summed E-state index contributed by atoms with van der Waals surface area (Å²) in [5.41, 5.74) is 2.17. The second-order valence-electron chi connectivity index (χ2n) is 5.92. The van der Waals surface area contributed by atoms with Crippen LogP contribution in [0, 0.1) is 0 Å². The van der Waals surface area contributed by atoms with E-state index in [0.29, 0.717) is 13.0 Å². The highest BCUT2D eigenvalue weighted by Gasteiger charge is 2.19. The first kappa shape index (κ1) is 19.1. The summed E-state index contributed by atoms with van der Waals surface area (Å²) in [6.07, 6.45) is 2.43. The van der Waals surface area contributed by atoms with Gasteiger partial charge in [-0.2, -0.15) is 4.31 Å². The number of nitrogens with one attached hydrogen (secondary N) is 1. The fourth-order valence-electron chi connectivity index (χ4n) is 2.47. The van der Waals surface area contributed by atoms with Gasteiger partial charge in [0.15, 0.2) is 0 Å². The first-order valence-corrected chi connectivity index (χ1v) is 10.1. The van der Waals surface area contributed by atoms with Crippen molar-refractivity contribution in [3.05, 3.63) is 71.8 Å². The molecule has 0 aromatic heterocycles. The van der Waals surface area contributed by atoms with Gasteiger partial charge < -0.3 is 5.32 Å². The summed E-state index contributed by atoms with van der Waals surface area (Å²) < 4.78 is 25.1. The Labute approximate surface area is 149 Å². The molecule has 0 fully saturated rings. The van der Waals surface area contributed by atoms with Crippen molar-refractivity contribution in [2.45, 2.75) is 12.8 Å². The number of rotatable bonds is 9. The Morgan fingerprint density at radius 2 is 1.44 bits per heavy atom. The summed E-state index contributed by atoms with van der Waals surface area (Å²) in [6.45, 7) is 0.620. The maximum atomic E-state index is 12.1. The molecule has 0 aliphatic carbocycles. The zero-order valence-electron chi connectivity index (χ0n) is 14.4. The molecule has 0 saturated heterocycles. The Morgan fingerprint density at radius 1 is 0.920 bits per heavy atom. The van der Waals surface area contributed by atoms with E-state index >= 15 is 0 Å². The van der Waals surface area contributed by atoms with Crippen LogP contribution >= 0.6 is 0 Å². The minimum absolute atomic E-state index is 0.152. The Balaban J connectivity index is 1.83.